The third-order valence-corrected chi connectivity index (χ3v) is 9.30. The van der Waals surface area contributed by atoms with E-state index in [-0.39, 0.29) is 94.0 Å². The van der Waals surface area contributed by atoms with E-state index in [1.165, 1.54) is 12.5 Å². The number of phenolic OH excluding ortho intramolecular Hbond substituents is 1. The first-order valence-electron chi connectivity index (χ1n) is 13.7. The molecule has 2 aromatic carbocycles. The van der Waals surface area contributed by atoms with E-state index in [4.69, 9.17) is 18.9 Å². The fraction of sp³-hybridized carbons (Fsp3) is 0.533. The summed E-state index contributed by atoms with van der Waals surface area (Å²) in [5, 5.41) is 25.1. The van der Waals surface area contributed by atoms with Crippen LogP contribution >= 0.6 is 0 Å². The first kappa shape index (κ1) is 30.4. The smallest absolute Gasteiger partial charge is 0.231 e. The zero-order valence-corrected chi connectivity index (χ0v) is 29.2. The molecule has 6 rings (SSSR count). The molecule has 4 heterocycles. The van der Waals surface area contributed by atoms with Crippen molar-refractivity contribution in [1.82, 2.24) is 15.1 Å². The summed E-state index contributed by atoms with van der Waals surface area (Å²) in [7, 11) is 3.69. The molecule has 2 aromatic rings. The van der Waals surface area contributed by atoms with Gasteiger partial charge in [0.15, 0.2) is 18.3 Å². The fourth-order valence-electron chi connectivity index (χ4n) is 7.43. The van der Waals surface area contributed by atoms with Gasteiger partial charge in [0.1, 0.15) is 17.5 Å². The quantitative estimate of drug-likeness (QED) is 0.443. The molecule has 1 amide bonds. The van der Waals surface area contributed by atoms with Crippen LogP contribution in [0.2, 0.25) is 0 Å². The van der Waals surface area contributed by atoms with Gasteiger partial charge in [-0.2, -0.15) is 5.26 Å². The van der Waals surface area contributed by atoms with Crippen molar-refractivity contribution in [2.75, 3.05) is 34.3 Å². The zero-order valence-electron chi connectivity index (χ0n) is 24.4. The monoisotopic (exact) mass is 775 g/mol. The number of aryl methyl sites for hydroxylation is 1. The topological polar surface area (TPSA) is 117 Å². The number of nitriles is 1. The third-order valence-electron chi connectivity index (χ3n) is 9.30. The molecule has 0 saturated carbocycles. The predicted octanol–water partition coefficient (Wildman–Crippen LogP) is 2.94. The number of hydrogen-bond acceptors (Lipinski definition) is 9. The van der Waals surface area contributed by atoms with Gasteiger partial charge in [0.05, 0.1) is 18.2 Å². The Bertz CT molecular complexity index is 1440. The molecule has 2 bridgehead atoms. The molecule has 215 valence electrons. The zero-order chi connectivity index (χ0) is 28.5. The second-order valence-corrected chi connectivity index (χ2v) is 11.3. The van der Waals surface area contributed by atoms with Crippen molar-refractivity contribution in [3.8, 4) is 29.1 Å². The maximum absolute atomic E-state index is 12.2. The Labute approximate surface area is 276 Å². The predicted molar refractivity (Wildman–Crippen MR) is 146 cm³/mol. The molecule has 5 atom stereocenters. The molecule has 0 aliphatic carbocycles. The summed E-state index contributed by atoms with van der Waals surface area (Å²) in [6, 6.07) is 3.60. The molecule has 1 radical (unpaired) electrons. The summed E-state index contributed by atoms with van der Waals surface area (Å²) in [5.41, 5.74) is 6.68. The molecular formula is C30H36AcN4O6. The van der Waals surface area contributed by atoms with Gasteiger partial charge >= 0.3 is 0 Å². The Balaban J connectivity index is 0.00000337. The minimum atomic E-state index is -0.460. The van der Waals surface area contributed by atoms with Gasteiger partial charge in [-0.15, -0.1) is 0 Å². The van der Waals surface area contributed by atoms with Gasteiger partial charge in [0.25, 0.3) is 0 Å². The van der Waals surface area contributed by atoms with Crippen LogP contribution in [-0.2, 0) is 22.4 Å². The van der Waals surface area contributed by atoms with E-state index < -0.39 is 12.1 Å². The number of nitrogens with one attached hydrogen (secondary N) is 1. The number of aromatic hydroxyl groups is 1. The molecule has 1 unspecified atom stereocenters. The summed E-state index contributed by atoms with van der Waals surface area (Å²) in [6.45, 7) is 7.92. The van der Waals surface area contributed by atoms with Crippen LogP contribution in [0.1, 0.15) is 58.0 Å². The number of nitrogens with zero attached hydrogens (tertiary/aromatic N) is 3. The van der Waals surface area contributed by atoms with Crippen molar-refractivity contribution in [1.29, 1.82) is 5.26 Å². The average Bonchev–Trinajstić information content (AvgIpc) is 3.41. The minimum Gasteiger partial charge on any atom is -0.507 e. The molecule has 1 saturated heterocycles. The number of likely N-dealkylation sites (N-methyl/N-ethyl adjacent to an activating group) is 1. The first-order valence-corrected chi connectivity index (χ1v) is 13.7. The van der Waals surface area contributed by atoms with E-state index >= 15 is 0 Å². The Morgan fingerprint density at radius 2 is 1.90 bits per heavy atom. The van der Waals surface area contributed by atoms with Crippen LogP contribution in [0.5, 0.6) is 23.0 Å². The molecule has 10 nitrogen and oxygen atoms in total. The second-order valence-electron chi connectivity index (χ2n) is 11.3. The number of phenols is 1. The number of rotatable bonds is 5. The average molecular weight is 776 g/mol. The molecule has 4 aliphatic rings. The van der Waals surface area contributed by atoms with Crippen molar-refractivity contribution < 1.29 is 72.9 Å². The summed E-state index contributed by atoms with van der Waals surface area (Å²) >= 11 is 0. The Kier molecular flexibility index (Phi) is 8.55. The Hall–Kier alpha value is -2.08. The normalized spacial score (nSPS) is 25.7. The Morgan fingerprint density at radius 3 is 2.59 bits per heavy atom. The molecule has 41 heavy (non-hydrogen) atoms. The third kappa shape index (κ3) is 4.62. The van der Waals surface area contributed by atoms with Crippen molar-refractivity contribution in [2.45, 2.75) is 70.7 Å². The number of carbonyl (C=O) groups excluding carboxylic acids is 1. The van der Waals surface area contributed by atoms with Crippen LogP contribution in [0.4, 0.5) is 0 Å². The molecule has 0 aromatic heterocycles. The van der Waals surface area contributed by atoms with Gasteiger partial charge < -0.3 is 29.4 Å². The fourth-order valence-corrected chi connectivity index (χ4v) is 7.43. The minimum absolute atomic E-state index is 0. The number of amides is 1. The van der Waals surface area contributed by atoms with Crippen molar-refractivity contribution in [2.24, 2.45) is 0 Å². The van der Waals surface area contributed by atoms with Crippen LogP contribution < -0.4 is 19.5 Å². The van der Waals surface area contributed by atoms with E-state index in [9.17, 15) is 15.2 Å². The summed E-state index contributed by atoms with van der Waals surface area (Å²) in [4.78, 5) is 16.7. The summed E-state index contributed by atoms with van der Waals surface area (Å²) < 4.78 is 23.3. The van der Waals surface area contributed by atoms with E-state index in [0.29, 0.717) is 29.9 Å². The molecule has 0 spiro atoms. The van der Waals surface area contributed by atoms with Gasteiger partial charge in [-0.3, -0.25) is 14.6 Å². The maximum atomic E-state index is 12.2. The van der Waals surface area contributed by atoms with Gasteiger partial charge in [-0.05, 0) is 57.4 Å². The van der Waals surface area contributed by atoms with E-state index in [0.717, 1.165) is 33.6 Å². The molecule has 11 heteroatoms. The molecule has 2 N–H and O–H groups in total. The molecule has 4 aliphatic heterocycles. The van der Waals surface area contributed by atoms with Crippen LogP contribution in [0.3, 0.4) is 0 Å². The number of ether oxygens (including phenoxy) is 4. The van der Waals surface area contributed by atoms with Crippen molar-refractivity contribution >= 4 is 5.91 Å². The molecular weight excluding hydrogens is 739 g/mol. The van der Waals surface area contributed by atoms with Crippen LogP contribution in [0.15, 0.2) is 6.07 Å². The summed E-state index contributed by atoms with van der Waals surface area (Å²) in [5.74, 6) is 1.95. The SMILES string of the molecule is COCOc1c(C)c(C)cc2c1[C@@H]1C3Cc4c(O)c(C)c5c(c4[C@H](CNC(C)=O)N3[C@@H](C#N)[C@@H](C2)N1C)OCO5.[Ac]. The van der Waals surface area contributed by atoms with Gasteiger partial charge in [-0.25, -0.2) is 0 Å². The van der Waals surface area contributed by atoms with Gasteiger partial charge in [-0.1, -0.05) is 6.07 Å². The number of benzene rings is 2. The first-order chi connectivity index (χ1) is 19.2. The Morgan fingerprint density at radius 1 is 1.17 bits per heavy atom. The second kappa shape index (κ2) is 11.5. The number of fused-ring (bicyclic) bond motifs is 9. The van der Waals surface area contributed by atoms with Gasteiger partial charge in [0, 0.05) is 99.0 Å². The van der Waals surface area contributed by atoms with Crippen LogP contribution in [0.25, 0.3) is 0 Å². The number of hydrogen-bond donors (Lipinski definition) is 2. The number of methoxy groups -OCH3 is 1. The van der Waals surface area contributed by atoms with Crippen LogP contribution in [0, 0.1) is 76.2 Å². The standard InChI is InChI=1S/C30H36N4O6.Ac/c1-14-7-18-8-20-22(10-31)34-21(26(33(20)5)24(18)28(15(14)2)38-12-37-6)9-19-25(23(34)11-32-17(4)35)30-29(39-13-40-30)16(3)27(19)36;/h7,20-23,26,36H,8-9,11-13H2,1-6H3,(H,32,35);/t20-,21?,22+,23+,26+;/m1./s1. The van der Waals surface area contributed by atoms with Crippen molar-refractivity contribution in [3.63, 3.8) is 0 Å². The number of piperazine rings is 1. The van der Waals surface area contributed by atoms with Crippen LogP contribution in [-0.4, -0.2) is 73.2 Å². The maximum Gasteiger partial charge on any atom is 0.231 e. The largest absolute Gasteiger partial charge is 0.507 e. The van der Waals surface area contributed by atoms with Gasteiger partial charge in [0.2, 0.25) is 12.7 Å². The number of carbonyl (C=O) groups is 1. The summed E-state index contributed by atoms with van der Waals surface area (Å²) in [6.07, 6.45) is 1.18. The molecule has 1 fully saturated rings. The van der Waals surface area contributed by atoms with Crippen molar-refractivity contribution in [3.05, 3.63) is 45.0 Å². The van der Waals surface area contributed by atoms with E-state index in [2.05, 4.69) is 48.1 Å². The van der Waals surface area contributed by atoms with E-state index in [1.807, 2.05) is 6.92 Å². The van der Waals surface area contributed by atoms with E-state index in [1.54, 1.807) is 7.11 Å².